The van der Waals surface area contributed by atoms with Gasteiger partial charge in [-0.05, 0) is 177 Å². The standard InChI is InChI=1S/C36H30O2.C20H20I2O2.C4H8O/c1-2-3-6-15-36(37)38-35-26-31-24-29(18-16-27-11-7-4-8-12-27)20-22-32(31)33-23-21-30(25-34(33)35)19-17-28-13-9-5-10-14-28;1-2-3-4-5-20(23)24-19-11-13-10-14(21)6-8-16(13)17-9-7-15(22)12-18(17)19;1-2-4-5-3-1/h4-5,7-14,20-25,35H,2-3,6,15,26H2,1H3;6-10,12,19H,2-5,11H2,1H3;1-4H2. The Bertz CT molecular complexity index is 2730. The lowest BCUT2D eigenvalue weighted by atomic mass is 9.82. The summed E-state index contributed by atoms with van der Waals surface area (Å²) in [4.78, 5) is 25.0. The van der Waals surface area contributed by atoms with Crippen LogP contribution in [-0.4, -0.2) is 25.2 Å². The second-order valence-electron chi connectivity index (χ2n) is 17.0. The number of fused-ring (bicyclic) bond motifs is 6. The van der Waals surface area contributed by atoms with Crippen molar-refractivity contribution < 1.29 is 23.8 Å². The molecule has 342 valence electrons. The zero-order valence-electron chi connectivity index (χ0n) is 38.6. The third-order valence-electron chi connectivity index (χ3n) is 11.9. The first kappa shape index (κ1) is 49.7. The fourth-order valence-corrected chi connectivity index (χ4v) is 9.51. The molecule has 0 bridgehead atoms. The Labute approximate surface area is 425 Å². The second-order valence-corrected chi connectivity index (χ2v) is 19.5. The fraction of sp³-hybridized carbons (Fsp3) is 0.300. The van der Waals surface area contributed by atoms with Gasteiger partial charge < -0.3 is 14.2 Å². The van der Waals surface area contributed by atoms with E-state index in [1.165, 1.54) is 36.7 Å². The van der Waals surface area contributed by atoms with E-state index in [-0.39, 0.29) is 24.1 Å². The Morgan fingerprint density at radius 2 is 0.940 bits per heavy atom. The largest absolute Gasteiger partial charge is 0.457 e. The van der Waals surface area contributed by atoms with Gasteiger partial charge in [-0.1, -0.05) is 124 Å². The smallest absolute Gasteiger partial charge is 0.306 e. The number of ether oxygens (including phenoxy) is 3. The van der Waals surface area contributed by atoms with Crippen molar-refractivity contribution in [3.8, 4) is 45.9 Å². The van der Waals surface area contributed by atoms with E-state index in [2.05, 4.69) is 149 Å². The number of benzene rings is 6. The van der Waals surface area contributed by atoms with Crippen molar-refractivity contribution in [1.29, 1.82) is 0 Å². The number of hydrogen-bond donors (Lipinski definition) is 0. The molecule has 7 heteroatoms. The minimum absolute atomic E-state index is 0.0765. The quantitative estimate of drug-likeness (QED) is 0.0592. The summed E-state index contributed by atoms with van der Waals surface area (Å²) in [5, 5.41) is 0. The Morgan fingerprint density at radius 1 is 0.507 bits per heavy atom. The Hall–Kier alpha value is -5.20. The van der Waals surface area contributed by atoms with Crippen molar-refractivity contribution in [2.75, 3.05) is 13.2 Å². The van der Waals surface area contributed by atoms with E-state index in [4.69, 9.17) is 14.2 Å². The number of unbranched alkanes of at least 4 members (excludes halogenated alkanes) is 4. The molecule has 0 N–H and O–H groups in total. The molecule has 1 aliphatic heterocycles. The highest BCUT2D eigenvalue weighted by Gasteiger charge is 2.29. The van der Waals surface area contributed by atoms with Crippen LogP contribution >= 0.6 is 45.2 Å². The van der Waals surface area contributed by atoms with E-state index in [1.807, 2.05) is 66.7 Å². The van der Waals surface area contributed by atoms with Crippen molar-refractivity contribution in [2.45, 2.75) is 103 Å². The molecule has 5 nitrogen and oxygen atoms in total. The summed E-state index contributed by atoms with van der Waals surface area (Å²) in [6, 6.07) is 45.5. The first-order chi connectivity index (χ1) is 32.8. The molecule has 3 aliphatic rings. The van der Waals surface area contributed by atoms with Gasteiger partial charge in [-0.2, -0.15) is 0 Å². The van der Waals surface area contributed by atoms with Crippen LogP contribution in [0, 0.1) is 30.8 Å². The van der Waals surface area contributed by atoms with Gasteiger partial charge in [-0.25, -0.2) is 0 Å². The lowest BCUT2D eigenvalue weighted by Crippen LogP contribution is -2.18. The van der Waals surface area contributed by atoms with E-state index in [1.54, 1.807) is 0 Å². The minimum Gasteiger partial charge on any atom is -0.457 e. The van der Waals surface area contributed by atoms with Gasteiger partial charge in [-0.3, -0.25) is 9.59 Å². The maximum Gasteiger partial charge on any atom is 0.306 e. The van der Waals surface area contributed by atoms with Crippen molar-refractivity contribution >= 4 is 57.1 Å². The van der Waals surface area contributed by atoms with Crippen molar-refractivity contribution in [3.05, 3.63) is 185 Å². The lowest BCUT2D eigenvalue weighted by Gasteiger charge is -2.28. The SMILES string of the molecule is C1CCOC1.CCCCCC(=O)OC1Cc2cc(C#Cc3ccccc3)ccc2-c2ccc(C#Cc3ccccc3)cc21.CCCCCC(=O)OC1Cc2cc(I)ccc2-c2ccc(I)cc21. The lowest BCUT2D eigenvalue weighted by molar-refractivity contribution is -0.150. The average molecular weight is 1110 g/mol. The molecule has 0 saturated carbocycles. The molecule has 1 fully saturated rings. The maximum absolute atomic E-state index is 12.8. The average Bonchev–Trinajstić information content (AvgIpc) is 3.95. The third-order valence-corrected chi connectivity index (χ3v) is 13.3. The summed E-state index contributed by atoms with van der Waals surface area (Å²) in [7, 11) is 0. The van der Waals surface area contributed by atoms with Gasteiger partial charge >= 0.3 is 11.9 Å². The number of esters is 2. The van der Waals surface area contributed by atoms with Crippen LogP contribution < -0.4 is 0 Å². The van der Waals surface area contributed by atoms with Crippen LogP contribution in [0.15, 0.2) is 133 Å². The van der Waals surface area contributed by atoms with Gasteiger partial charge in [0.2, 0.25) is 0 Å². The Morgan fingerprint density at radius 3 is 1.45 bits per heavy atom. The summed E-state index contributed by atoms with van der Waals surface area (Å²) in [6.07, 6.45) is 10.5. The number of halogens is 2. The fourth-order valence-electron chi connectivity index (χ4n) is 8.44. The van der Waals surface area contributed by atoms with Gasteiger partial charge in [0.1, 0.15) is 12.2 Å². The van der Waals surface area contributed by atoms with E-state index in [9.17, 15) is 9.59 Å². The maximum atomic E-state index is 12.8. The van der Waals surface area contributed by atoms with E-state index >= 15 is 0 Å². The highest BCUT2D eigenvalue weighted by atomic mass is 127. The first-order valence-corrected chi connectivity index (χ1v) is 25.9. The van der Waals surface area contributed by atoms with Crippen LogP contribution in [0.25, 0.3) is 22.3 Å². The van der Waals surface area contributed by atoms with Gasteiger partial charge in [-0.15, -0.1) is 0 Å². The molecule has 2 unspecified atom stereocenters. The molecule has 1 heterocycles. The van der Waals surface area contributed by atoms with E-state index in [0.29, 0.717) is 19.3 Å². The number of hydrogen-bond acceptors (Lipinski definition) is 5. The highest BCUT2D eigenvalue weighted by molar-refractivity contribution is 14.1. The van der Waals surface area contributed by atoms with E-state index < -0.39 is 0 Å². The summed E-state index contributed by atoms with van der Waals surface area (Å²) < 4.78 is 19.3. The molecule has 6 aromatic rings. The molecule has 0 aromatic heterocycles. The third kappa shape index (κ3) is 14.6. The molecule has 0 spiro atoms. The zero-order chi connectivity index (χ0) is 46.8. The summed E-state index contributed by atoms with van der Waals surface area (Å²) >= 11 is 4.66. The van der Waals surface area contributed by atoms with Gasteiger partial charge in [0.15, 0.2) is 0 Å². The first-order valence-electron chi connectivity index (χ1n) is 23.7. The molecular weight excluding hydrogens is 1050 g/mol. The second kappa shape index (κ2) is 25.8. The van der Waals surface area contributed by atoms with Crippen LogP contribution in [0.3, 0.4) is 0 Å². The molecule has 67 heavy (non-hydrogen) atoms. The van der Waals surface area contributed by atoms with Crippen molar-refractivity contribution in [1.82, 2.24) is 0 Å². The predicted molar refractivity (Wildman–Crippen MR) is 287 cm³/mol. The Kier molecular flexibility index (Phi) is 19.1. The van der Waals surface area contributed by atoms with Crippen molar-refractivity contribution in [3.63, 3.8) is 0 Å². The van der Waals surface area contributed by atoms with Gasteiger partial charge in [0, 0.05) is 79.4 Å². The van der Waals surface area contributed by atoms with Crippen LogP contribution in [0.2, 0.25) is 0 Å². The summed E-state index contributed by atoms with van der Waals surface area (Å²) in [5.74, 6) is 12.8. The van der Waals surface area contributed by atoms with Crippen LogP contribution in [0.1, 0.15) is 135 Å². The molecule has 2 aliphatic carbocycles. The minimum atomic E-state index is -0.345. The topological polar surface area (TPSA) is 61.8 Å². The van der Waals surface area contributed by atoms with Crippen LogP contribution in [0.4, 0.5) is 0 Å². The highest BCUT2D eigenvalue weighted by Crippen LogP contribution is 2.43. The normalized spacial score (nSPS) is 14.8. The monoisotopic (exact) mass is 1110 g/mol. The number of carbonyl (C=O) groups is 2. The predicted octanol–water partition coefficient (Wildman–Crippen LogP) is 15.0. The molecule has 2 atom stereocenters. The van der Waals surface area contributed by atoms with Gasteiger partial charge in [0.25, 0.3) is 0 Å². The van der Waals surface area contributed by atoms with Crippen LogP contribution in [-0.2, 0) is 36.6 Å². The van der Waals surface area contributed by atoms with Crippen molar-refractivity contribution in [2.24, 2.45) is 0 Å². The molecule has 9 rings (SSSR count). The summed E-state index contributed by atoms with van der Waals surface area (Å²) in [5.41, 5.74) is 13.1. The zero-order valence-corrected chi connectivity index (χ0v) is 42.9. The van der Waals surface area contributed by atoms with Gasteiger partial charge in [0.05, 0.1) is 0 Å². The molecule has 0 radical (unpaired) electrons. The summed E-state index contributed by atoms with van der Waals surface area (Å²) in [6.45, 7) is 6.28. The van der Waals surface area contributed by atoms with E-state index in [0.717, 1.165) is 108 Å². The molecule has 6 aromatic carbocycles. The Balaban J connectivity index is 0.000000195. The number of carbonyl (C=O) groups excluding carboxylic acids is 2. The number of rotatable bonds is 10. The molecular formula is C60H58I2O5. The molecule has 1 saturated heterocycles. The van der Waals surface area contributed by atoms with Crippen LogP contribution in [0.5, 0.6) is 0 Å². The molecule has 0 amide bonds.